The Kier molecular flexibility index (Phi) is 4.83. The molecule has 0 saturated carbocycles. The van der Waals surface area contributed by atoms with Crippen LogP contribution in [0.3, 0.4) is 0 Å². The predicted molar refractivity (Wildman–Crippen MR) is 58.0 cm³/mol. The Hall–Kier alpha value is -1.36. The van der Waals surface area contributed by atoms with Crippen molar-refractivity contribution in [3.63, 3.8) is 0 Å². The molecule has 15 heavy (non-hydrogen) atoms. The van der Waals surface area contributed by atoms with Gasteiger partial charge in [0.2, 0.25) is 5.88 Å². The molecule has 0 aliphatic heterocycles. The first-order chi connectivity index (χ1) is 7.26. The number of rotatable bonds is 6. The van der Waals surface area contributed by atoms with Crippen LogP contribution in [0.15, 0.2) is 12.4 Å². The van der Waals surface area contributed by atoms with Crippen LogP contribution in [0, 0.1) is 0 Å². The maximum atomic E-state index is 9.50. The quantitative estimate of drug-likeness (QED) is 0.736. The Bertz CT molecular complexity index is 294. The van der Waals surface area contributed by atoms with Gasteiger partial charge in [0, 0.05) is 12.6 Å². The molecule has 0 fully saturated rings. The average molecular weight is 211 g/mol. The zero-order chi connectivity index (χ0) is 11.1. The van der Waals surface area contributed by atoms with Gasteiger partial charge in [-0.15, -0.1) is 0 Å². The molecule has 0 bridgehead atoms. The fourth-order valence-corrected chi connectivity index (χ4v) is 1.21. The lowest BCUT2D eigenvalue weighted by molar-refractivity contribution is 0.176. The van der Waals surface area contributed by atoms with Crippen molar-refractivity contribution in [1.82, 2.24) is 9.97 Å². The SMILES string of the molecule is CCCC(O)CNc1cc(OC)ncn1. The molecule has 0 spiro atoms. The van der Waals surface area contributed by atoms with Crippen molar-refractivity contribution in [2.45, 2.75) is 25.9 Å². The average Bonchev–Trinajstić information content (AvgIpc) is 2.27. The molecule has 1 rings (SSSR count). The third kappa shape index (κ3) is 4.12. The summed E-state index contributed by atoms with van der Waals surface area (Å²) in [5.41, 5.74) is 0. The summed E-state index contributed by atoms with van der Waals surface area (Å²) in [6, 6.07) is 1.69. The zero-order valence-electron chi connectivity index (χ0n) is 9.10. The first-order valence-electron chi connectivity index (χ1n) is 5.04. The number of nitrogens with one attached hydrogen (secondary N) is 1. The summed E-state index contributed by atoms with van der Waals surface area (Å²) < 4.78 is 4.96. The van der Waals surface area contributed by atoms with Crippen LogP contribution in [0.5, 0.6) is 5.88 Å². The highest BCUT2D eigenvalue weighted by molar-refractivity contribution is 5.36. The molecular formula is C10H17N3O2. The van der Waals surface area contributed by atoms with Crippen molar-refractivity contribution < 1.29 is 9.84 Å². The summed E-state index contributed by atoms with van der Waals surface area (Å²) in [5.74, 6) is 1.18. The maximum Gasteiger partial charge on any atom is 0.218 e. The van der Waals surface area contributed by atoms with Gasteiger partial charge in [0.1, 0.15) is 12.1 Å². The van der Waals surface area contributed by atoms with Gasteiger partial charge >= 0.3 is 0 Å². The molecule has 0 aromatic carbocycles. The van der Waals surface area contributed by atoms with Crippen molar-refractivity contribution in [3.8, 4) is 5.88 Å². The number of aliphatic hydroxyl groups is 1. The molecule has 1 aromatic heterocycles. The molecule has 84 valence electrons. The largest absolute Gasteiger partial charge is 0.481 e. The van der Waals surface area contributed by atoms with Crippen LogP contribution in [0.4, 0.5) is 5.82 Å². The summed E-state index contributed by atoms with van der Waals surface area (Å²) in [5, 5.41) is 12.5. The molecule has 0 radical (unpaired) electrons. The summed E-state index contributed by atoms with van der Waals surface area (Å²) in [6.45, 7) is 2.53. The lowest BCUT2D eigenvalue weighted by atomic mass is 10.2. The Morgan fingerprint density at radius 1 is 1.53 bits per heavy atom. The molecule has 1 aromatic rings. The molecule has 0 aliphatic rings. The number of nitrogens with zero attached hydrogens (tertiary/aromatic N) is 2. The second-order valence-electron chi connectivity index (χ2n) is 3.27. The Morgan fingerprint density at radius 2 is 2.33 bits per heavy atom. The van der Waals surface area contributed by atoms with Gasteiger partial charge in [0.15, 0.2) is 0 Å². The van der Waals surface area contributed by atoms with E-state index in [9.17, 15) is 5.11 Å². The Labute approximate surface area is 89.5 Å². The van der Waals surface area contributed by atoms with E-state index in [2.05, 4.69) is 15.3 Å². The van der Waals surface area contributed by atoms with Crippen LogP contribution >= 0.6 is 0 Å². The minimum absolute atomic E-state index is 0.337. The van der Waals surface area contributed by atoms with E-state index >= 15 is 0 Å². The van der Waals surface area contributed by atoms with Gasteiger partial charge < -0.3 is 15.2 Å². The van der Waals surface area contributed by atoms with E-state index < -0.39 is 0 Å². The van der Waals surface area contributed by atoms with Crippen molar-refractivity contribution in [2.75, 3.05) is 19.0 Å². The molecule has 1 heterocycles. The van der Waals surface area contributed by atoms with Gasteiger partial charge in [0.25, 0.3) is 0 Å². The monoisotopic (exact) mass is 211 g/mol. The normalized spacial score (nSPS) is 12.2. The van der Waals surface area contributed by atoms with Crippen LogP contribution < -0.4 is 10.1 Å². The third-order valence-electron chi connectivity index (χ3n) is 1.99. The van der Waals surface area contributed by atoms with Gasteiger partial charge in [-0.3, -0.25) is 0 Å². The van der Waals surface area contributed by atoms with Crippen molar-refractivity contribution in [1.29, 1.82) is 0 Å². The van der Waals surface area contributed by atoms with E-state index in [1.54, 1.807) is 13.2 Å². The predicted octanol–water partition coefficient (Wildman–Crippen LogP) is 1.06. The van der Waals surface area contributed by atoms with Crippen LogP contribution in [0.2, 0.25) is 0 Å². The van der Waals surface area contributed by atoms with Crippen LogP contribution in [0.1, 0.15) is 19.8 Å². The molecular weight excluding hydrogens is 194 g/mol. The Morgan fingerprint density at radius 3 is 3.00 bits per heavy atom. The van der Waals surface area contributed by atoms with Crippen molar-refractivity contribution in [3.05, 3.63) is 12.4 Å². The summed E-state index contributed by atoms with van der Waals surface area (Å²) in [4.78, 5) is 7.89. The van der Waals surface area contributed by atoms with Gasteiger partial charge in [-0.2, -0.15) is 0 Å². The highest BCUT2D eigenvalue weighted by Crippen LogP contribution is 2.10. The molecule has 1 atom stereocenters. The summed E-state index contributed by atoms with van der Waals surface area (Å²) in [6.07, 6.45) is 2.84. The van der Waals surface area contributed by atoms with E-state index in [1.165, 1.54) is 6.33 Å². The number of aromatic nitrogens is 2. The number of ether oxygens (including phenoxy) is 1. The number of aliphatic hydroxyl groups excluding tert-OH is 1. The topological polar surface area (TPSA) is 67.3 Å². The molecule has 1 unspecified atom stereocenters. The van der Waals surface area contributed by atoms with E-state index in [1.807, 2.05) is 6.92 Å². The molecule has 2 N–H and O–H groups in total. The molecule has 0 saturated heterocycles. The molecule has 0 aliphatic carbocycles. The maximum absolute atomic E-state index is 9.50. The lowest BCUT2D eigenvalue weighted by Gasteiger charge is -2.11. The van der Waals surface area contributed by atoms with E-state index in [4.69, 9.17) is 4.74 Å². The minimum Gasteiger partial charge on any atom is -0.481 e. The van der Waals surface area contributed by atoms with Gasteiger partial charge in [-0.1, -0.05) is 13.3 Å². The second-order valence-corrected chi connectivity index (χ2v) is 3.27. The third-order valence-corrected chi connectivity index (χ3v) is 1.99. The first kappa shape index (κ1) is 11.7. The fourth-order valence-electron chi connectivity index (χ4n) is 1.21. The van der Waals surface area contributed by atoms with Gasteiger partial charge in [-0.05, 0) is 6.42 Å². The Balaban J connectivity index is 2.43. The van der Waals surface area contributed by atoms with Crippen LogP contribution in [0.25, 0.3) is 0 Å². The van der Waals surface area contributed by atoms with Crippen molar-refractivity contribution in [2.24, 2.45) is 0 Å². The van der Waals surface area contributed by atoms with E-state index in [0.717, 1.165) is 12.8 Å². The molecule has 0 amide bonds. The van der Waals surface area contributed by atoms with Gasteiger partial charge in [0.05, 0.1) is 13.2 Å². The second kappa shape index (κ2) is 6.19. The highest BCUT2D eigenvalue weighted by Gasteiger charge is 2.03. The summed E-state index contributed by atoms with van der Waals surface area (Å²) in [7, 11) is 1.55. The van der Waals surface area contributed by atoms with E-state index in [0.29, 0.717) is 18.2 Å². The molecule has 5 nitrogen and oxygen atoms in total. The standard InChI is InChI=1S/C10H17N3O2/c1-3-4-8(14)6-11-9-5-10(15-2)13-7-12-9/h5,7-8,14H,3-4,6H2,1-2H3,(H,11,12,13). The molecule has 5 heteroatoms. The van der Waals surface area contributed by atoms with Crippen LogP contribution in [-0.4, -0.2) is 34.8 Å². The van der Waals surface area contributed by atoms with E-state index in [-0.39, 0.29) is 6.10 Å². The van der Waals surface area contributed by atoms with Gasteiger partial charge in [-0.25, -0.2) is 9.97 Å². The van der Waals surface area contributed by atoms with Crippen LogP contribution in [-0.2, 0) is 0 Å². The highest BCUT2D eigenvalue weighted by atomic mass is 16.5. The first-order valence-corrected chi connectivity index (χ1v) is 5.04. The number of anilines is 1. The smallest absolute Gasteiger partial charge is 0.218 e. The lowest BCUT2D eigenvalue weighted by Crippen LogP contribution is -2.19. The number of hydrogen-bond donors (Lipinski definition) is 2. The number of methoxy groups -OCH3 is 1. The minimum atomic E-state index is -0.337. The number of hydrogen-bond acceptors (Lipinski definition) is 5. The zero-order valence-corrected chi connectivity index (χ0v) is 9.10. The van der Waals surface area contributed by atoms with Crippen molar-refractivity contribution >= 4 is 5.82 Å². The summed E-state index contributed by atoms with van der Waals surface area (Å²) >= 11 is 0. The fraction of sp³-hybridized carbons (Fsp3) is 0.600.